The summed E-state index contributed by atoms with van der Waals surface area (Å²) in [5.41, 5.74) is 1.52. The lowest BCUT2D eigenvalue weighted by Gasteiger charge is -2.27. The summed E-state index contributed by atoms with van der Waals surface area (Å²) in [6.45, 7) is 2.91. The van der Waals surface area contributed by atoms with Crippen LogP contribution in [-0.2, 0) is 10.2 Å². The molecular weight excluding hydrogens is 380 g/mol. The van der Waals surface area contributed by atoms with E-state index in [1.54, 1.807) is 7.05 Å². The number of carbonyl (C=O) groups is 1. The zero-order valence-electron chi connectivity index (χ0n) is 14.9. The molecule has 1 amide bonds. The number of hydrogen-bond acceptors (Lipinski definition) is 2. The van der Waals surface area contributed by atoms with Crippen LogP contribution in [0, 0.1) is 0 Å². The molecule has 0 unspecified atom stereocenters. The molecule has 1 aromatic rings. The molecule has 1 aromatic carbocycles. The molecule has 6 heteroatoms. The highest BCUT2D eigenvalue weighted by molar-refractivity contribution is 9.10. The molecule has 0 radical (unpaired) electrons. The summed E-state index contributed by atoms with van der Waals surface area (Å²) in [5.74, 6) is 0.860. The fourth-order valence-electron chi connectivity index (χ4n) is 3.47. The van der Waals surface area contributed by atoms with Crippen molar-refractivity contribution >= 4 is 27.8 Å². The fourth-order valence-corrected chi connectivity index (χ4v) is 4.18. The highest BCUT2D eigenvalue weighted by Gasteiger charge is 2.45. The van der Waals surface area contributed by atoms with Crippen molar-refractivity contribution in [3.8, 4) is 0 Å². The standard InChI is InChI=1S/C19H27BrN4O/c1-21-18(22-13-17(25)24-11-5-2-6-12-24)23-14-19(9-10-19)15-7-3-4-8-16(15)20/h3-4,7-8H,2,5-6,9-14H2,1H3,(H2,21,22,23). The van der Waals surface area contributed by atoms with Crippen LogP contribution in [0.25, 0.3) is 0 Å². The minimum Gasteiger partial charge on any atom is -0.356 e. The lowest BCUT2D eigenvalue weighted by atomic mass is 9.96. The molecule has 0 atom stereocenters. The molecule has 1 aliphatic heterocycles. The van der Waals surface area contributed by atoms with E-state index in [9.17, 15) is 4.79 Å². The first-order valence-corrected chi connectivity index (χ1v) is 9.91. The second kappa shape index (κ2) is 8.21. The molecule has 0 aromatic heterocycles. The quantitative estimate of drug-likeness (QED) is 0.583. The van der Waals surface area contributed by atoms with Crippen molar-refractivity contribution in [1.82, 2.24) is 15.5 Å². The van der Waals surface area contributed by atoms with Crippen LogP contribution in [0.2, 0.25) is 0 Å². The summed E-state index contributed by atoms with van der Waals surface area (Å²) in [4.78, 5) is 18.5. The Kier molecular flexibility index (Phi) is 5.99. The normalized spacial score (nSPS) is 19.4. The first kappa shape index (κ1) is 18.2. The van der Waals surface area contributed by atoms with Crippen molar-refractivity contribution < 1.29 is 4.79 Å². The van der Waals surface area contributed by atoms with Gasteiger partial charge in [0.1, 0.15) is 0 Å². The number of likely N-dealkylation sites (tertiary alicyclic amines) is 1. The van der Waals surface area contributed by atoms with Crippen molar-refractivity contribution in [2.45, 2.75) is 37.5 Å². The van der Waals surface area contributed by atoms with Gasteiger partial charge in [0.2, 0.25) is 5.91 Å². The minimum absolute atomic E-state index is 0.162. The maximum atomic E-state index is 12.3. The average Bonchev–Trinajstić information content (AvgIpc) is 3.43. The SMILES string of the molecule is CN=C(NCC(=O)N1CCCCC1)NCC1(c2ccccc2Br)CC1. The largest absolute Gasteiger partial charge is 0.356 e. The monoisotopic (exact) mass is 406 g/mol. The van der Waals surface area contributed by atoms with Gasteiger partial charge >= 0.3 is 0 Å². The molecular formula is C19H27BrN4O. The summed E-state index contributed by atoms with van der Waals surface area (Å²) < 4.78 is 1.16. The number of aliphatic imine (C=N–C) groups is 1. The lowest BCUT2D eigenvalue weighted by molar-refractivity contribution is -0.130. The van der Waals surface area contributed by atoms with Crippen LogP contribution in [0.1, 0.15) is 37.7 Å². The van der Waals surface area contributed by atoms with Crippen LogP contribution in [-0.4, -0.2) is 50.0 Å². The number of benzene rings is 1. The molecule has 136 valence electrons. The third-order valence-electron chi connectivity index (χ3n) is 5.23. The van der Waals surface area contributed by atoms with Gasteiger partial charge in [0, 0.05) is 36.6 Å². The van der Waals surface area contributed by atoms with Crippen molar-refractivity contribution in [3.63, 3.8) is 0 Å². The first-order valence-electron chi connectivity index (χ1n) is 9.12. The minimum atomic E-state index is 0.162. The molecule has 2 fully saturated rings. The topological polar surface area (TPSA) is 56.7 Å². The van der Waals surface area contributed by atoms with Crippen molar-refractivity contribution in [2.75, 3.05) is 33.2 Å². The van der Waals surface area contributed by atoms with E-state index in [0.717, 1.165) is 36.9 Å². The Morgan fingerprint density at radius 2 is 1.92 bits per heavy atom. The molecule has 1 saturated heterocycles. The van der Waals surface area contributed by atoms with E-state index in [0.29, 0.717) is 12.5 Å². The van der Waals surface area contributed by atoms with Gasteiger partial charge in [0.15, 0.2) is 5.96 Å². The molecule has 2 aliphatic rings. The van der Waals surface area contributed by atoms with Crippen molar-refractivity contribution in [3.05, 3.63) is 34.3 Å². The van der Waals surface area contributed by atoms with Gasteiger partial charge in [-0.3, -0.25) is 9.79 Å². The summed E-state index contributed by atoms with van der Waals surface area (Å²) in [5, 5.41) is 6.57. The maximum absolute atomic E-state index is 12.3. The number of nitrogens with one attached hydrogen (secondary N) is 2. The van der Waals surface area contributed by atoms with E-state index < -0.39 is 0 Å². The van der Waals surface area contributed by atoms with Crippen LogP contribution in [0.15, 0.2) is 33.7 Å². The van der Waals surface area contributed by atoms with Gasteiger partial charge in [-0.2, -0.15) is 0 Å². The predicted octanol–water partition coefficient (Wildman–Crippen LogP) is 2.66. The highest BCUT2D eigenvalue weighted by atomic mass is 79.9. The van der Waals surface area contributed by atoms with E-state index in [-0.39, 0.29) is 11.3 Å². The lowest BCUT2D eigenvalue weighted by Crippen LogP contribution is -2.47. The van der Waals surface area contributed by atoms with Gasteiger partial charge in [-0.15, -0.1) is 0 Å². The van der Waals surface area contributed by atoms with Crippen LogP contribution >= 0.6 is 15.9 Å². The van der Waals surface area contributed by atoms with Gasteiger partial charge in [-0.05, 0) is 43.7 Å². The van der Waals surface area contributed by atoms with Crippen LogP contribution in [0.3, 0.4) is 0 Å². The summed E-state index contributed by atoms with van der Waals surface area (Å²) in [7, 11) is 1.75. The number of rotatable bonds is 5. The highest BCUT2D eigenvalue weighted by Crippen LogP contribution is 2.49. The van der Waals surface area contributed by atoms with Gasteiger partial charge in [-0.1, -0.05) is 34.1 Å². The van der Waals surface area contributed by atoms with E-state index in [4.69, 9.17) is 0 Å². The van der Waals surface area contributed by atoms with E-state index in [1.807, 2.05) is 11.0 Å². The number of carbonyl (C=O) groups excluding carboxylic acids is 1. The number of halogens is 1. The number of piperidine rings is 1. The molecule has 2 N–H and O–H groups in total. The second-order valence-corrected chi connectivity index (χ2v) is 7.84. The number of nitrogens with zero attached hydrogens (tertiary/aromatic N) is 2. The molecule has 0 bridgehead atoms. The Morgan fingerprint density at radius 3 is 2.56 bits per heavy atom. The van der Waals surface area contributed by atoms with Crippen LogP contribution in [0.5, 0.6) is 0 Å². The summed E-state index contributed by atoms with van der Waals surface area (Å²) in [6.07, 6.45) is 5.82. The predicted molar refractivity (Wildman–Crippen MR) is 105 cm³/mol. The second-order valence-electron chi connectivity index (χ2n) is 6.98. The zero-order chi connectivity index (χ0) is 17.7. The smallest absolute Gasteiger partial charge is 0.241 e. The molecule has 1 saturated carbocycles. The van der Waals surface area contributed by atoms with E-state index in [2.05, 4.69) is 49.8 Å². The number of amides is 1. The first-order chi connectivity index (χ1) is 12.1. The third-order valence-corrected chi connectivity index (χ3v) is 5.92. The zero-order valence-corrected chi connectivity index (χ0v) is 16.4. The molecule has 5 nitrogen and oxygen atoms in total. The Hall–Kier alpha value is -1.56. The van der Waals surface area contributed by atoms with Crippen molar-refractivity contribution in [2.24, 2.45) is 4.99 Å². The molecule has 0 spiro atoms. The third kappa shape index (κ3) is 4.54. The van der Waals surface area contributed by atoms with Crippen LogP contribution in [0.4, 0.5) is 0 Å². The number of guanidine groups is 1. The van der Waals surface area contributed by atoms with E-state index >= 15 is 0 Å². The Bertz CT molecular complexity index is 636. The van der Waals surface area contributed by atoms with Gasteiger partial charge < -0.3 is 15.5 Å². The summed E-state index contributed by atoms with van der Waals surface area (Å²) >= 11 is 3.67. The summed E-state index contributed by atoms with van der Waals surface area (Å²) in [6, 6.07) is 8.42. The van der Waals surface area contributed by atoms with Gasteiger partial charge in [-0.25, -0.2) is 0 Å². The number of hydrogen-bond donors (Lipinski definition) is 2. The Morgan fingerprint density at radius 1 is 1.20 bits per heavy atom. The average molecular weight is 407 g/mol. The van der Waals surface area contributed by atoms with Gasteiger partial charge in [0.25, 0.3) is 0 Å². The van der Waals surface area contributed by atoms with Gasteiger partial charge in [0.05, 0.1) is 6.54 Å². The van der Waals surface area contributed by atoms with Crippen molar-refractivity contribution in [1.29, 1.82) is 0 Å². The van der Waals surface area contributed by atoms with E-state index in [1.165, 1.54) is 24.8 Å². The molecule has 1 heterocycles. The molecule has 25 heavy (non-hydrogen) atoms. The maximum Gasteiger partial charge on any atom is 0.241 e. The Labute approximate surface area is 158 Å². The van der Waals surface area contributed by atoms with Crippen LogP contribution < -0.4 is 10.6 Å². The fraction of sp³-hybridized carbons (Fsp3) is 0.579. The molecule has 1 aliphatic carbocycles. The molecule has 3 rings (SSSR count). The Balaban J connectivity index is 1.50.